The second kappa shape index (κ2) is 6.15. The molecule has 0 spiro atoms. The van der Waals surface area contributed by atoms with Crippen molar-refractivity contribution in [1.29, 1.82) is 0 Å². The minimum absolute atomic E-state index is 0.617. The lowest BCUT2D eigenvalue weighted by Crippen LogP contribution is -2.41. The lowest BCUT2D eigenvalue weighted by Gasteiger charge is -2.32. The van der Waals surface area contributed by atoms with Crippen molar-refractivity contribution in [3.63, 3.8) is 0 Å². The van der Waals surface area contributed by atoms with Crippen molar-refractivity contribution in [2.24, 2.45) is 0 Å². The lowest BCUT2D eigenvalue weighted by molar-refractivity contribution is 0.112. The molecule has 1 aromatic carbocycles. The Kier molecular flexibility index (Phi) is 4.27. The molecule has 1 atom stereocenters. The number of likely N-dealkylation sites (tertiary alicyclic amines) is 1. The molecular formula is C16H21ClN2O. The molecule has 0 aliphatic carbocycles. The summed E-state index contributed by atoms with van der Waals surface area (Å²) < 4.78 is 0. The Morgan fingerprint density at radius 1 is 1.15 bits per heavy atom. The summed E-state index contributed by atoms with van der Waals surface area (Å²) in [5, 5.41) is 0.689. The topological polar surface area (TPSA) is 23.6 Å². The number of halogens is 1. The van der Waals surface area contributed by atoms with E-state index in [1.807, 2.05) is 18.2 Å². The molecule has 0 amide bonds. The predicted octanol–water partition coefficient (Wildman–Crippen LogP) is 3.22. The summed E-state index contributed by atoms with van der Waals surface area (Å²) in [6, 6.07) is 6.18. The third kappa shape index (κ3) is 2.70. The van der Waals surface area contributed by atoms with E-state index in [9.17, 15) is 4.79 Å². The summed E-state index contributed by atoms with van der Waals surface area (Å²) in [6.45, 7) is 4.43. The first-order valence-corrected chi connectivity index (χ1v) is 7.90. The van der Waals surface area contributed by atoms with Gasteiger partial charge in [-0.25, -0.2) is 0 Å². The van der Waals surface area contributed by atoms with E-state index in [-0.39, 0.29) is 0 Å². The summed E-state index contributed by atoms with van der Waals surface area (Å²) in [6.07, 6.45) is 6.09. The zero-order valence-corrected chi connectivity index (χ0v) is 12.5. The maximum absolute atomic E-state index is 11.2. The number of carbonyl (C=O) groups excluding carboxylic acids is 1. The van der Waals surface area contributed by atoms with Gasteiger partial charge in [-0.05, 0) is 44.5 Å². The van der Waals surface area contributed by atoms with Crippen molar-refractivity contribution >= 4 is 23.6 Å². The molecule has 108 valence electrons. The van der Waals surface area contributed by atoms with Gasteiger partial charge in [0.25, 0.3) is 0 Å². The van der Waals surface area contributed by atoms with Crippen LogP contribution in [-0.2, 0) is 0 Å². The van der Waals surface area contributed by atoms with Crippen molar-refractivity contribution in [2.45, 2.75) is 31.7 Å². The highest BCUT2D eigenvalue weighted by Crippen LogP contribution is 2.33. The molecule has 2 heterocycles. The maximum Gasteiger partial charge on any atom is 0.152 e. The zero-order chi connectivity index (χ0) is 13.9. The van der Waals surface area contributed by atoms with E-state index in [1.54, 1.807) is 0 Å². The number of aldehydes is 1. The van der Waals surface area contributed by atoms with Crippen LogP contribution in [0.2, 0.25) is 5.02 Å². The number of nitrogens with zero attached hydrogens (tertiary/aromatic N) is 2. The SMILES string of the molecule is O=Cc1cccc(Cl)c1N1CCC(N2CCCCC2)C1. The fraction of sp³-hybridized carbons (Fsp3) is 0.562. The second-order valence-corrected chi connectivity index (χ2v) is 6.19. The number of hydrogen-bond donors (Lipinski definition) is 0. The Balaban J connectivity index is 1.75. The highest BCUT2D eigenvalue weighted by molar-refractivity contribution is 6.33. The largest absolute Gasteiger partial charge is 0.368 e. The first-order chi connectivity index (χ1) is 9.79. The van der Waals surface area contributed by atoms with Gasteiger partial charge in [0.1, 0.15) is 0 Å². The van der Waals surface area contributed by atoms with Crippen LogP contribution in [0.4, 0.5) is 5.69 Å². The minimum Gasteiger partial charge on any atom is -0.368 e. The Morgan fingerprint density at radius 2 is 1.95 bits per heavy atom. The van der Waals surface area contributed by atoms with Crippen molar-refractivity contribution in [2.75, 3.05) is 31.1 Å². The van der Waals surface area contributed by atoms with Crippen LogP contribution in [0.1, 0.15) is 36.0 Å². The second-order valence-electron chi connectivity index (χ2n) is 5.78. The Bertz CT molecular complexity index is 485. The maximum atomic E-state index is 11.2. The highest BCUT2D eigenvalue weighted by atomic mass is 35.5. The van der Waals surface area contributed by atoms with Gasteiger partial charge < -0.3 is 4.90 Å². The minimum atomic E-state index is 0.617. The van der Waals surface area contributed by atoms with Crippen molar-refractivity contribution in [1.82, 2.24) is 4.90 Å². The molecule has 3 rings (SSSR count). The molecule has 2 aliphatic rings. The molecule has 4 heteroatoms. The molecule has 0 aromatic heterocycles. The van der Waals surface area contributed by atoms with Gasteiger partial charge in [-0.3, -0.25) is 9.69 Å². The molecule has 2 saturated heterocycles. The van der Waals surface area contributed by atoms with Crippen LogP contribution in [0.25, 0.3) is 0 Å². The normalized spacial score (nSPS) is 24.1. The van der Waals surface area contributed by atoms with Gasteiger partial charge in [-0.15, -0.1) is 0 Å². The van der Waals surface area contributed by atoms with Gasteiger partial charge in [0.15, 0.2) is 6.29 Å². The van der Waals surface area contributed by atoms with Gasteiger partial charge in [0, 0.05) is 24.7 Å². The lowest BCUT2D eigenvalue weighted by atomic mass is 10.1. The van der Waals surface area contributed by atoms with Crippen LogP contribution in [0.5, 0.6) is 0 Å². The van der Waals surface area contributed by atoms with Gasteiger partial charge in [0.05, 0.1) is 10.7 Å². The quantitative estimate of drug-likeness (QED) is 0.799. The molecule has 2 fully saturated rings. The van der Waals surface area contributed by atoms with Crippen LogP contribution in [0.3, 0.4) is 0 Å². The molecule has 1 unspecified atom stereocenters. The summed E-state index contributed by atoms with van der Waals surface area (Å²) in [7, 11) is 0. The van der Waals surface area contributed by atoms with E-state index in [2.05, 4.69) is 9.80 Å². The van der Waals surface area contributed by atoms with Crippen molar-refractivity contribution in [3.8, 4) is 0 Å². The van der Waals surface area contributed by atoms with Crippen LogP contribution in [-0.4, -0.2) is 43.4 Å². The number of para-hydroxylation sites is 1. The van der Waals surface area contributed by atoms with Gasteiger partial charge in [-0.1, -0.05) is 24.1 Å². The van der Waals surface area contributed by atoms with Crippen LogP contribution in [0.15, 0.2) is 18.2 Å². The molecule has 3 nitrogen and oxygen atoms in total. The molecule has 2 aliphatic heterocycles. The first kappa shape index (κ1) is 13.9. The highest BCUT2D eigenvalue weighted by Gasteiger charge is 2.30. The third-order valence-corrected chi connectivity index (χ3v) is 4.84. The number of piperidine rings is 1. The van der Waals surface area contributed by atoms with Crippen molar-refractivity contribution in [3.05, 3.63) is 28.8 Å². The molecule has 0 N–H and O–H groups in total. The van der Waals surface area contributed by atoms with E-state index in [0.717, 1.165) is 25.1 Å². The smallest absolute Gasteiger partial charge is 0.152 e. The van der Waals surface area contributed by atoms with E-state index in [4.69, 9.17) is 11.6 Å². The Labute approximate surface area is 125 Å². The monoisotopic (exact) mass is 292 g/mol. The molecule has 0 radical (unpaired) electrons. The van der Waals surface area contributed by atoms with Gasteiger partial charge >= 0.3 is 0 Å². The van der Waals surface area contributed by atoms with E-state index in [1.165, 1.54) is 38.8 Å². The molecule has 0 bridgehead atoms. The average Bonchev–Trinajstić information content (AvgIpc) is 2.97. The fourth-order valence-electron chi connectivity index (χ4n) is 3.49. The summed E-state index contributed by atoms with van der Waals surface area (Å²) in [5.74, 6) is 0. The molecule has 20 heavy (non-hydrogen) atoms. The van der Waals surface area contributed by atoms with Crippen LogP contribution in [0, 0.1) is 0 Å². The Hall–Kier alpha value is -1.06. The predicted molar refractivity (Wildman–Crippen MR) is 82.9 cm³/mol. The van der Waals surface area contributed by atoms with E-state index in [0.29, 0.717) is 16.6 Å². The molecule has 0 saturated carbocycles. The zero-order valence-electron chi connectivity index (χ0n) is 11.7. The first-order valence-electron chi connectivity index (χ1n) is 7.52. The number of hydrogen-bond acceptors (Lipinski definition) is 3. The average molecular weight is 293 g/mol. The third-order valence-electron chi connectivity index (χ3n) is 4.53. The number of carbonyl (C=O) groups is 1. The van der Waals surface area contributed by atoms with Crippen molar-refractivity contribution < 1.29 is 4.79 Å². The van der Waals surface area contributed by atoms with Gasteiger partial charge in [0.2, 0.25) is 0 Å². The summed E-state index contributed by atoms with van der Waals surface area (Å²) >= 11 is 6.31. The fourth-order valence-corrected chi connectivity index (χ4v) is 3.79. The molecule has 1 aromatic rings. The van der Waals surface area contributed by atoms with E-state index >= 15 is 0 Å². The summed E-state index contributed by atoms with van der Waals surface area (Å²) in [5.41, 5.74) is 1.63. The number of anilines is 1. The van der Waals surface area contributed by atoms with Crippen LogP contribution < -0.4 is 4.90 Å². The number of benzene rings is 1. The standard InChI is InChI=1S/C16H21ClN2O/c17-15-6-4-5-13(12-20)16(15)19-10-7-14(11-19)18-8-2-1-3-9-18/h4-6,12,14H,1-3,7-11H2. The summed E-state index contributed by atoms with van der Waals surface area (Å²) in [4.78, 5) is 16.1. The van der Waals surface area contributed by atoms with E-state index < -0.39 is 0 Å². The van der Waals surface area contributed by atoms with Crippen LogP contribution >= 0.6 is 11.6 Å². The number of rotatable bonds is 3. The van der Waals surface area contributed by atoms with Gasteiger partial charge in [-0.2, -0.15) is 0 Å². The Morgan fingerprint density at radius 3 is 2.70 bits per heavy atom. The molecular weight excluding hydrogens is 272 g/mol.